The van der Waals surface area contributed by atoms with Crippen molar-refractivity contribution >= 4 is 5.97 Å². The van der Waals surface area contributed by atoms with E-state index in [4.69, 9.17) is 5.11 Å². The first-order valence-corrected chi connectivity index (χ1v) is 5.59. The number of hydrogen-bond acceptors (Lipinski definition) is 2. The molecule has 0 amide bonds. The van der Waals surface area contributed by atoms with Gasteiger partial charge >= 0.3 is 5.97 Å². The van der Waals surface area contributed by atoms with E-state index in [1.807, 2.05) is 0 Å². The molecule has 0 aromatic rings. The van der Waals surface area contributed by atoms with Gasteiger partial charge in [-0.05, 0) is 25.3 Å². The van der Waals surface area contributed by atoms with Crippen molar-refractivity contribution in [3.8, 4) is 0 Å². The molecule has 1 aliphatic heterocycles. The molecular weight excluding hydrogens is 197 g/mol. The van der Waals surface area contributed by atoms with Gasteiger partial charge in [-0.3, -0.25) is 0 Å². The van der Waals surface area contributed by atoms with Crippen LogP contribution in [-0.4, -0.2) is 41.3 Å². The Hall–Kier alpha value is -0.640. The molecule has 1 aliphatic rings. The van der Waals surface area contributed by atoms with Crippen LogP contribution >= 0.6 is 0 Å². The number of likely N-dealkylation sites (tertiary alicyclic amines) is 1. The molecule has 1 saturated heterocycles. The fourth-order valence-electron chi connectivity index (χ4n) is 2.07. The zero-order chi connectivity index (χ0) is 11.5. The van der Waals surface area contributed by atoms with Crippen LogP contribution in [0.3, 0.4) is 0 Å². The summed E-state index contributed by atoms with van der Waals surface area (Å²) in [5.74, 6) is -0.754. The average Bonchev–Trinajstić information content (AvgIpc) is 2.29. The Morgan fingerprint density at radius 2 is 2.13 bits per heavy atom. The van der Waals surface area contributed by atoms with E-state index in [1.165, 1.54) is 0 Å². The van der Waals surface area contributed by atoms with Gasteiger partial charge in [-0.2, -0.15) is 0 Å². The fraction of sp³-hybridized carbons (Fsp3) is 0.909. The first kappa shape index (κ1) is 12.4. The smallest absolute Gasteiger partial charge is 0.341 e. The van der Waals surface area contributed by atoms with Crippen LogP contribution in [0, 0.1) is 5.92 Å². The third-order valence-electron chi connectivity index (χ3n) is 2.88. The highest BCUT2D eigenvalue weighted by atomic mass is 19.1. The maximum absolute atomic E-state index is 13.8. The molecule has 4 heteroatoms. The summed E-state index contributed by atoms with van der Waals surface area (Å²) in [5.41, 5.74) is -1.99. The van der Waals surface area contributed by atoms with Gasteiger partial charge in [0, 0.05) is 19.5 Å². The molecule has 0 spiro atoms. The summed E-state index contributed by atoms with van der Waals surface area (Å²) in [6.07, 6.45) is 0.904. The summed E-state index contributed by atoms with van der Waals surface area (Å²) in [6, 6.07) is 0. The summed E-state index contributed by atoms with van der Waals surface area (Å²) in [6.45, 7) is 6.53. The zero-order valence-electron chi connectivity index (χ0n) is 9.50. The van der Waals surface area contributed by atoms with E-state index in [-0.39, 0.29) is 12.8 Å². The van der Waals surface area contributed by atoms with Gasteiger partial charge in [-0.15, -0.1) is 0 Å². The number of carboxylic acid groups (broad SMARTS) is 1. The van der Waals surface area contributed by atoms with Crippen molar-refractivity contribution in [1.29, 1.82) is 0 Å². The van der Waals surface area contributed by atoms with Gasteiger partial charge in [0.2, 0.25) is 5.67 Å². The van der Waals surface area contributed by atoms with Crippen LogP contribution in [-0.2, 0) is 4.79 Å². The summed E-state index contributed by atoms with van der Waals surface area (Å²) < 4.78 is 13.8. The van der Waals surface area contributed by atoms with Crippen molar-refractivity contribution in [3.05, 3.63) is 0 Å². The number of rotatable bonds is 3. The highest BCUT2D eigenvalue weighted by molar-refractivity contribution is 5.77. The molecule has 0 aliphatic carbocycles. The minimum atomic E-state index is -1.99. The molecule has 88 valence electrons. The number of aliphatic carboxylic acids is 1. The first-order chi connectivity index (χ1) is 6.94. The van der Waals surface area contributed by atoms with Gasteiger partial charge in [-0.1, -0.05) is 13.8 Å². The lowest BCUT2D eigenvalue weighted by molar-refractivity contribution is -0.151. The molecule has 0 aromatic heterocycles. The highest BCUT2D eigenvalue weighted by Gasteiger charge is 2.39. The fourth-order valence-corrected chi connectivity index (χ4v) is 2.07. The lowest BCUT2D eigenvalue weighted by atomic mass is 9.97. The van der Waals surface area contributed by atoms with Crippen LogP contribution in [0.5, 0.6) is 0 Å². The van der Waals surface area contributed by atoms with Crippen molar-refractivity contribution in [3.63, 3.8) is 0 Å². The monoisotopic (exact) mass is 217 g/mol. The maximum Gasteiger partial charge on any atom is 0.341 e. The van der Waals surface area contributed by atoms with Gasteiger partial charge in [0.1, 0.15) is 0 Å². The quantitative estimate of drug-likeness (QED) is 0.785. The van der Waals surface area contributed by atoms with Crippen LogP contribution in [0.2, 0.25) is 0 Å². The number of alkyl halides is 1. The number of halogens is 1. The van der Waals surface area contributed by atoms with Gasteiger partial charge in [-0.25, -0.2) is 9.18 Å². The first-order valence-electron chi connectivity index (χ1n) is 5.59. The number of hydrogen-bond donors (Lipinski definition) is 1. The zero-order valence-corrected chi connectivity index (χ0v) is 9.50. The van der Waals surface area contributed by atoms with Crippen molar-refractivity contribution < 1.29 is 14.3 Å². The van der Waals surface area contributed by atoms with Gasteiger partial charge in [0.05, 0.1) is 0 Å². The van der Waals surface area contributed by atoms with E-state index in [0.29, 0.717) is 18.9 Å². The Bertz CT molecular complexity index is 233. The molecule has 1 fully saturated rings. The molecule has 0 radical (unpaired) electrons. The minimum Gasteiger partial charge on any atom is -0.479 e. The molecule has 1 atom stereocenters. The van der Waals surface area contributed by atoms with Crippen molar-refractivity contribution in [2.75, 3.05) is 19.6 Å². The highest BCUT2D eigenvalue weighted by Crippen LogP contribution is 2.27. The van der Waals surface area contributed by atoms with Crippen molar-refractivity contribution in [1.82, 2.24) is 4.90 Å². The van der Waals surface area contributed by atoms with Gasteiger partial charge < -0.3 is 10.0 Å². The van der Waals surface area contributed by atoms with Crippen molar-refractivity contribution in [2.24, 2.45) is 5.92 Å². The lowest BCUT2D eigenvalue weighted by Crippen LogP contribution is -2.35. The summed E-state index contributed by atoms with van der Waals surface area (Å²) >= 11 is 0. The van der Waals surface area contributed by atoms with E-state index in [2.05, 4.69) is 18.7 Å². The summed E-state index contributed by atoms with van der Waals surface area (Å²) in [5, 5.41) is 8.80. The summed E-state index contributed by atoms with van der Waals surface area (Å²) in [4.78, 5) is 12.9. The number of carboxylic acids is 1. The molecule has 0 aromatic carbocycles. The molecule has 0 bridgehead atoms. The molecule has 15 heavy (non-hydrogen) atoms. The average molecular weight is 217 g/mol. The minimum absolute atomic E-state index is 0.120. The van der Waals surface area contributed by atoms with E-state index in [9.17, 15) is 9.18 Å². The molecule has 0 saturated carbocycles. The predicted molar refractivity (Wildman–Crippen MR) is 56.6 cm³/mol. The van der Waals surface area contributed by atoms with Crippen LogP contribution < -0.4 is 0 Å². The van der Waals surface area contributed by atoms with Crippen LogP contribution in [0.25, 0.3) is 0 Å². The Kier molecular flexibility index (Phi) is 4.08. The Morgan fingerprint density at radius 3 is 2.67 bits per heavy atom. The third kappa shape index (κ3) is 3.45. The van der Waals surface area contributed by atoms with Gasteiger partial charge in [0.25, 0.3) is 0 Å². The second-order valence-corrected chi connectivity index (χ2v) is 4.82. The SMILES string of the molecule is CC(C)CN1CCCC(F)(C(=O)O)CC1. The van der Waals surface area contributed by atoms with Crippen LogP contribution in [0.1, 0.15) is 33.1 Å². The maximum atomic E-state index is 13.8. The standard InChI is InChI=1S/C11H20FNO2/c1-9(2)8-13-6-3-4-11(12,5-7-13)10(14)15/h9H,3-8H2,1-2H3,(H,14,15). The molecule has 1 N–H and O–H groups in total. The second-order valence-electron chi connectivity index (χ2n) is 4.82. The van der Waals surface area contributed by atoms with E-state index < -0.39 is 11.6 Å². The molecule has 3 nitrogen and oxygen atoms in total. The second kappa shape index (κ2) is 4.92. The van der Waals surface area contributed by atoms with Crippen LogP contribution in [0.15, 0.2) is 0 Å². The van der Waals surface area contributed by atoms with Gasteiger partial charge in [0.15, 0.2) is 0 Å². The van der Waals surface area contributed by atoms with E-state index >= 15 is 0 Å². The molecule has 1 unspecified atom stereocenters. The van der Waals surface area contributed by atoms with E-state index in [0.717, 1.165) is 13.1 Å². The Morgan fingerprint density at radius 1 is 1.47 bits per heavy atom. The molecule has 1 heterocycles. The normalized spacial score (nSPS) is 29.1. The largest absolute Gasteiger partial charge is 0.479 e. The van der Waals surface area contributed by atoms with E-state index in [1.54, 1.807) is 0 Å². The lowest BCUT2D eigenvalue weighted by Gasteiger charge is -2.22. The number of carbonyl (C=O) groups is 1. The Labute approximate surface area is 90.3 Å². The topological polar surface area (TPSA) is 40.5 Å². The third-order valence-corrected chi connectivity index (χ3v) is 2.88. The predicted octanol–water partition coefficient (Wildman–Crippen LogP) is 1.92. The number of nitrogens with zero attached hydrogens (tertiary/aromatic N) is 1. The Balaban J connectivity index is 2.52. The molecular formula is C11H20FNO2. The van der Waals surface area contributed by atoms with Crippen molar-refractivity contribution in [2.45, 2.75) is 38.8 Å². The summed E-state index contributed by atoms with van der Waals surface area (Å²) in [7, 11) is 0. The van der Waals surface area contributed by atoms with Crippen LogP contribution in [0.4, 0.5) is 4.39 Å². The molecule has 1 rings (SSSR count).